The van der Waals surface area contributed by atoms with Crippen LogP contribution in [0.4, 0.5) is 0 Å². The van der Waals surface area contributed by atoms with Gasteiger partial charge in [0.05, 0.1) is 6.54 Å². The normalized spacial score (nSPS) is 11.7. The van der Waals surface area contributed by atoms with Crippen molar-refractivity contribution in [3.05, 3.63) is 0 Å². The number of carbonyl (C=O) groups is 1. The van der Waals surface area contributed by atoms with Gasteiger partial charge in [-0.05, 0) is 13.8 Å². The van der Waals surface area contributed by atoms with Crippen LogP contribution in [0.5, 0.6) is 0 Å². The van der Waals surface area contributed by atoms with Gasteiger partial charge in [-0.3, -0.25) is 9.69 Å². The summed E-state index contributed by atoms with van der Waals surface area (Å²) >= 11 is 0. The maximum Gasteiger partial charge on any atom is 0.149 e. The summed E-state index contributed by atoms with van der Waals surface area (Å²) in [4.78, 5) is 13.6. The van der Waals surface area contributed by atoms with Gasteiger partial charge >= 0.3 is 0 Å². The topological polar surface area (TPSA) is 46.3 Å². The third-order valence-electron chi connectivity index (χ3n) is 2.15. The molecule has 0 atom stereocenters. The summed E-state index contributed by atoms with van der Waals surface area (Å²) in [5.41, 5.74) is 5.47. The Morgan fingerprint density at radius 2 is 1.85 bits per heavy atom. The van der Waals surface area contributed by atoms with Crippen molar-refractivity contribution in [2.24, 2.45) is 11.7 Å². The summed E-state index contributed by atoms with van der Waals surface area (Å²) in [6.45, 7) is 9.99. The number of nitrogens with zero attached hydrogens (tertiary/aromatic N) is 1. The van der Waals surface area contributed by atoms with Crippen molar-refractivity contribution in [1.29, 1.82) is 0 Å². The smallest absolute Gasteiger partial charge is 0.149 e. The molecule has 3 nitrogen and oxygen atoms in total. The minimum absolute atomic E-state index is 0.124. The standard InChI is InChI=1S/C10H22N2O/c1-8(2)10(13)7-12(6-5-11)9(3)4/h8-9H,5-7,11H2,1-4H3. The molecule has 0 amide bonds. The van der Waals surface area contributed by atoms with E-state index in [0.717, 1.165) is 6.54 Å². The van der Waals surface area contributed by atoms with E-state index in [4.69, 9.17) is 5.73 Å². The zero-order valence-electron chi connectivity index (χ0n) is 9.21. The summed E-state index contributed by atoms with van der Waals surface area (Å²) in [5, 5.41) is 0. The van der Waals surface area contributed by atoms with Gasteiger partial charge in [-0.1, -0.05) is 13.8 Å². The fourth-order valence-electron chi connectivity index (χ4n) is 1.07. The van der Waals surface area contributed by atoms with Crippen LogP contribution in [0.25, 0.3) is 0 Å². The van der Waals surface area contributed by atoms with Crippen molar-refractivity contribution in [3.8, 4) is 0 Å². The minimum Gasteiger partial charge on any atom is -0.329 e. The Kier molecular flexibility index (Phi) is 5.91. The zero-order valence-corrected chi connectivity index (χ0v) is 9.21. The first-order chi connectivity index (χ1) is 5.99. The van der Waals surface area contributed by atoms with E-state index in [-0.39, 0.29) is 5.92 Å². The fraction of sp³-hybridized carbons (Fsp3) is 0.900. The van der Waals surface area contributed by atoms with Crippen LogP contribution in [0.1, 0.15) is 27.7 Å². The number of rotatable bonds is 6. The highest BCUT2D eigenvalue weighted by atomic mass is 16.1. The number of hydrogen-bond donors (Lipinski definition) is 1. The van der Waals surface area contributed by atoms with Gasteiger partial charge in [0.1, 0.15) is 5.78 Å². The highest BCUT2D eigenvalue weighted by Crippen LogP contribution is 2.01. The first kappa shape index (κ1) is 12.6. The van der Waals surface area contributed by atoms with Crippen LogP contribution in [0.15, 0.2) is 0 Å². The van der Waals surface area contributed by atoms with Crippen molar-refractivity contribution in [3.63, 3.8) is 0 Å². The predicted octanol–water partition coefficient (Wildman–Crippen LogP) is 0.881. The number of ketones is 1. The maximum atomic E-state index is 11.5. The highest BCUT2D eigenvalue weighted by Gasteiger charge is 2.15. The molecule has 0 aliphatic carbocycles. The molecule has 3 heteroatoms. The van der Waals surface area contributed by atoms with Crippen molar-refractivity contribution < 1.29 is 4.79 Å². The van der Waals surface area contributed by atoms with Gasteiger partial charge in [0, 0.05) is 25.0 Å². The van der Waals surface area contributed by atoms with E-state index >= 15 is 0 Å². The molecular formula is C10H22N2O. The van der Waals surface area contributed by atoms with Crippen LogP contribution in [0.2, 0.25) is 0 Å². The molecule has 0 heterocycles. The summed E-state index contributed by atoms with van der Waals surface area (Å²) in [5.74, 6) is 0.418. The Hall–Kier alpha value is -0.410. The van der Waals surface area contributed by atoms with E-state index in [1.807, 2.05) is 13.8 Å². The van der Waals surface area contributed by atoms with E-state index in [9.17, 15) is 4.79 Å². The van der Waals surface area contributed by atoms with Crippen LogP contribution in [0, 0.1) is 5.92 Å². The Bertz CT molecular complexity index is 155. The third-order valence-corrected chi connectivity index (χ3v) is 2.15. The lowest BCUT2D eigenvalue weighted by Gasteiger charge is -2.25. The molecule has 0 aromatic heterocycles. The molecular weight excluding hydrogens is 164 g/mol. The number of hydrogen-bond acceptors (Lipinski definition) is 3. The lowest BCUT2D eigenvalue weighted by molar-refractivity contribution is -0.123. The van der Waals surface area contributed by atoms with Gasteiger partial charge < -0.3 is 5.73 Å². The van der Waals surface area contributed by atoms with E-state index in [2.05, 4.69) is 18.7 Å². The quantitative estimate of drug-likeness (QED) is 0.670. The van der Waals surface area contributed by atoms with Crippen LogP contribution < -0.4 is 5.73 Å². The lowest BCUT2D eigenvalue weighted by Crippen LogP contribution is -2.40. The Labute approximate surface area is 81.3 Å². The second-order valence-corrected chi connectivity index (χ2v) is 3.97. The molecule has 0 bridgehead atoms. The van der Waals surface area contributed by atoms with Crippen LogP contribution in [-0.2, 0) is 4.79 Å². The molecule has 0 fully saturated rings. The molecule has 13 heavy (non-hydrogen) atoms. The SMILES string of the molecule is CC(C)C(=O)CN(CCN)C(C)C. The van der Waals surface area contributed by atoms with Crippen molar-refractivity contribution >= 4 is 5.78 Å². The van der Waals surface area contributed by atoms with Gasteiger partial charge in [0.15, 0.2) is 0 Å². The van der Waals surface area contributed by atoms with Crippen molar-refractivity contribution in [1.82, 2.24) is 4.90 Å². The minimum atomic E-state index is 0.124. The van der Waals surface area contributed by atoms with E-state index in [1.54, 1.807) is 0 Å². The number of nitrogens with two attached hydrogens (primary N) is 1. The molecule has 0 unspecified atom stereocenters. The number of carbonyl (C=O) groups excluding carboxylic acids is 1. The van der Waals surface area contributed by atoms with Crippen molar-refractivity contribution in [2.45, 2.75) is 33.7 Å². The largest absolute Gasteiger partial charge is 0.329 e. The molecule has 0 saturated carbocycles. The molecule has 0 saturated heterocycles. The Morgan fingerprint density at radius 3 is 2.15 bits per heavy atom. The van der Waals surface area contributed by atoms with Crippen LogP contribution >= 0.6 is 0 Å². The summed E-state index contributed by atoms with van der Waals surface area (Å²) in [6, 6.07) is 0.395. The monoisotopic (exact) mass is 186 g/mol. The van der Waals surface area contributed by atoms with Gasteiger partial charge in [0.2, 0.25) is 0 Å². The number of Topliss-reactive ketones (excluding diaryl/α,β-unsaturated/α-hetero) is 1. The van der Waals surface area contributed by atoms with Gasteiger partial charge in [-0.15, -0.1) is 0 Å². The first-order valence-corrected chi connectivity index (χ1v) is 4.95. The second kappa shape index (κ2) is 6.11. The van der Waals surface area contributed by atoms with Crippen molar-refractivity contribution in [2.75, 3.05) is 19.6 Å². The first-order valence-electron chi connectivity index (χ1n) is 4.95. The molecule has 0 aromatic rings. The molecule has 0 rings (SSSR count). The summed E-state index contributed by atoms with van der Waals surface area (Å²) < 4.78 is 0. The van der Waals surface area contributed by atoms with E-state index in [1.165, 1.54) is 0 Å². The molecule has 0 aliphatic heterocycles. The van der Waals surface area contributed by atoms with E-state index in [0.29, 0.717) is 24.9 Å². The summed E-state index contributed by atoms with van der Waals surface area (Å²) in [7, 11) is 0. The molecule has 0 aromatic carbocycles. The van der Waals surface area contributed by atoms with Crippen LogP contribution in [0.3, 0.4) is 0 Å². The Balaban J connectivity index is 4.02. The maximum absolute atomic E-state index is 11.5. The predicted molar refractivity (Wildman–Crippen MR) is 55.6 cm³/mol. The molecule has 2 N–H and O–H groups in total. The third kappa shape index (κ3) is 5.01. The van der Waals surface area contributed by atoms with E-state index < -0.39 is 0 Å². The van der Waals surface area contributed by atoms with Gasteiger partial charge in [-0.2, -0.15) is 0 Å². The average molecular weight is 186 g/mol. The molecule has 0 spiro atoms. The lowest BCUT2D eigenvalue weighted by atomic mass is 10.1. The average Bonchev–Trinajstić information content (AvgIpc) is 2.03. The zero-order chi connectivity index (χ0) is 10.4. The molecule has 0 radical (unpaired) electrons. The fourth-order valence-corrected chi connectivity index (χ4v) is 1.07. The van der Waals surface area contributed by atoms with Gasteiger partial charge in [-0.25, -0.2) is 0 Å². The molecule has 78 valence electrons. The Morgan fingerprint density at radius 1 is 1.31 bits per heavy atom. The molecule has 0 aliphatic rings. The highest BCUT2D eigenvalue weighted by molar-refractivity contribution is 5.82. The van der Waals surface area contributed by atoms with Crippen LogP contribution in [-0.4, -0.2) is 36.4 Å². The second-order valence-electron chi connectivity index (χ2n) is 3.97. The summed E-state index contributed by atoms with van der Waals surface area (Å²) in [6.07, 6.45) is 0. The van der Waals surface area contributed by atoms with Gasteiger partial charge in [0.25, 0.3) is 0 Å².